The van der Waals surface area contributed by atoms with Crippen molar-refractivity contribution in [3.05, 3.63) is 29.8 Å². The molecule has 0 unspecified atom stereocenters. The van der Waals surface area contributed by atoms with Gasteiger partial charge in [-0.15, -0.1) is 0 Å². The Morgan fingerprint density at radius 2 is 1.76 bits per heavy atom. The average molecular weight is 366 g/mol. The molecule has 6 nitrogen and oxygen atoms in total. The van der Waals surface area contributed by atoms with Gasteiger partial charge in [-0.05, 0) is 31.9 Å². The van der Waals surface area contributed by atoms with Gasteiger partial charge in [-0.3, -0.25) is 4.79 Å². The summed E-state index contributed by atoms with van der Waals surface area (Å²) in [5, 5.41) is 0. The molecule has 0 aliphatic carbocycles. The average Bonchev–Trinajstić information content (AvgIpc) is 2.79. The van der Waals surface area contributed by atoms with Gasteiger partial charge < -0.3 is 9.64 Å². The number of rotatable bonds is 2. The predicted molar refractivity (Wildman–Crippen MR) is 94.7 cm³/mol. The molecule has 2 aliphatic rings. The molecule has 0 radical (unpaired) electrons. The summed E-state index contributed by atoms with van der Waals surface area (Å²) >= 11 is 0. The minimum Gasteiger partial charge on any atom is -0.379 e. The fourth-order valence-corrected chi connectivity index (χ4v) is 5.07. The Hall–Kier alpha value is -1.44. The lowest BCUT2D eigenvalue weighted by Crippen LogP contribution is -2.49. The summed E-state index contributed by atoms with van der Waals surface area (Å²) in [6.45, 7) is 6.85. The van der Waals surface area contributed by atoms with Crippen molar-refractivity contribution in [1.29, 1.82) is 0 Å². The molecular formula is C18H26N2O4S. The van der Waals surface area contributed by atoms with E-state index in [2.05, 4.69) is 0 Å². The topological polar surface area (TPSA) is 66.9 Å². The molecule has 0 aromatic heterocycles. The molecule has 25 heavy (non-hydrogen) atoms. The standard InChI is InChI=1S/C18H26N2O4S/c1-15-3-5-17(6-4-15)25(22,23)20-9-7-18(8-10-20)13-19(16(2)21)11-12-24-14-18/h3-6H,7-14H2,1-2H3. The maximum Gasteiger partial charge on any atom is 0.243 e. The van der Waals surface area contributed by atoms with E-state index in [0.717, 1.165) is 5.56 Å². The number of carbonyl (C=O) groups is 1. The third-order valence-corrected chi connectivity index (χ3v) is 7.24. The normalized spacial score (nSPS) is 21.9. The third-order valence-electron chi connectivity index (χ3n) is 5.33. The molecule has 1 aromatic carbocycles. The van der Waals surface area contributed by atoms with Crippen LogP contribution in [0.3, 0.4) is 0 Å². The van der Waals surface area contributed by atoms with Crippen LogP contribution in [0.4, 0.5) is 0 Å². The van der Waals surface area contributed by atoms with Gasteiger partial charge in [0.25, 0.3) is 0 Å². The van der Waals surface area contributed by atoms with Crippen molar-refractivity contribution in [3.8, 4) is 0 Å². The molecule has 0 atom stereocenters. The van der Waals surface area contributed by atoms with Crippen LogP contribution in [0.15, 0.2) is 29.2 Å². The van der Waals surface area contributed by atoms with Crippen molar-refractivity contribution in [2.45, 2.75) is 31.6 Å². The second-order valence-electron chi connectivity index (χ2n) is 7.21. The molecule has 0 bridgehead atoms. The SMILES string of the molecule is CC(=O)N1CCOCC2(CCN(S(=O)(=O)c3ccc(C)cc3)CC2)C1. The lowest BCUT2D eigenvalue weighted by molar-refractivity contribution is -0.130. The zero-order valence-electron chi connectivity index (χ0n) is 14.9. The Balaban J connectivity index is 1.72. The first-order valence-electron chi connectivity index (χ1n) is 8.73. The first-order valence-corrected chi connectivity index (χ1v) is 10.2. The fourth-order valence-electron chi connectivity index (χ4n) is 3.62. The predicted octanol–water partition coefficient (Wildman–Crippen LogP) is 1.64. The van der Waals surface area contributed by atoms with Crippen molar-refractivity contribution in [3.63, 3.8) is 0 Å². The summed E-state index contributed by atoms with van der Waals surface area (Å²) in [6, 6.07) is 6.98. The number of ether oxygens (including phenoxy) is 1. The Morgan fingerprint density at radius 1 is 1.12 bits per heavy atom. The van der Waals surface area contributed by atoms with Crippen LogP contribution in [0.2, 0.25) is 0 Å². The van der Waals surface area contributed by atoms with Crippen molar-refractivity contribution >= 4 is 15.9 Å². The fraction of sp³-hybridized carbons (Fsp3) is 0.611. The molecule has 0 N–H and O–H groups in total. The molecule has 3 rings (SSSR count). The van der Waals surface area contributed by atoms with Crippen LogP contribution in [0.25, 0.3) is 0 Å². The minimum absolute atomic E-state index is 0.0552. The third kappa shape index (κ3) is 3.88. The summed E-state index contributed by atoms with van der Waals surface area (Å²) in [4.78, 5) is 14.0. The van der Waals surface area contributed by atoms with Gasteiger partial charge in [0.05, 0.1) is 18.1 Å². The maximum atomic E-state index is 12.8. The zero-order valence-corrected chi connectivity index (χ0v) is 15.7. The number of nitrogens with zero attached hydrogens (tertiary/aromatic N) is 2. The van der Waals surface area contributed by atoms with Crippen molar-refractivity contribution in [2.24, 2.45) is 5.41 Å². The van der Waals surface area contributed by atoms with Crippen molar-refractivity contribution in [1.82, 2.24) is 9.21 Å². The highest BCUT2D eigenvalue weighted by molar-refractivity contribution is 7.89. The molecule has 138 valence electrons. The monoisotopic (exact) mass is 366 g/mol. The Kier molecular flexibility index (Phi) is 5.18. The Labute approximate surface area is 149 Å². The van der Waals surface area contributed by atoms with Gasteiger partial charge in [-0.1, -0.05) is 17.7 Å². The van der Waals surface area contributed by atoms with E-state index in [-0.39, 0.29) is 11.3 Å². The maximum absolute atomic E-state index is 12.8. The number of sulfonamides is 1. The van der Waals surface area contributed by atoms with Gasteiger partial charge in [0.15, 0.2) is 0 Å². The van der Waals surface area contributed by atoms with E-state index < -0.39 is 10.0 Å². The van der Waals surface area contributed by atoms with Crippen LogP contribution < -0.4 is 0 Å². The first-order chi connectivity index (χ1) is 11.8. The first kappa shape index (κ1) is 18.4. The van der Waals surface area contributed by atoms with Crippen LogP contribution in [0, 0.1) is 12.3 Å². The van der Waals surface area contributed by atoms with Gasteiger partial charge in [-0.2, -0.15) is 4.31 Å². The van der Waals surface area contributed by atoms with E-state index in [1.807, 2.05) is 24.0 Å². The largest absolute Gasteiger partial charge is 0.379 e. The zero-order chi connectivity index (χ0) is 18.1. The molecule has 2 fully saturated rings. The Morgan fingerprint density at radius 3 is 2.36 bits per heavy atom. The molecule has 7 heteroatoms. The molecule has 0 saturated carbocycles. The highest BCUT2D eigenvalue weighted by atomic mass is 32.2. The number of aryl methyl sites for hydroxylation is 1. The summed E-state index contributed by atoms with van der Waals surface area (Å²) in [6.07, 6.45) is 1.42. The highest BCUT2D eigenvalue weighted by Crippen LogP contribution is 2.36. The van der Waals surface area contributed by atoms with Crippen LogP contribution in [0.5, 0.6) is 0 Å². The van der Waals surface area contributed by atoms with Gasteiger partial charge in [0.2, 0.25) is 15.9 Å². The second kappa shape index (κ2) is 7.05. The van der Waals surface area contributed by atoms with Crippen LogP contribution >= 0.6 is 0 Å². The molecular weight excluding hydrogens is 340 g/mol. The van der Waals surface area contributed by atoms with Crippen LogP contribution in [0.1, 0.15) is 25.3 Å². The van der Waals surface area contributed by atoms with Gasteiger partial charge >= 0.3 is 0 Å². The van der Waals surface area contributed by atoms with E-state index in [1.165, 1.54) is 0 Å². The number of amides is 1. The molecule has 1 spiro atoms. The van der Waals surface area contributed by atoms with E-state index in [4.69, 9.17) is 4.74 Å². The number of carbonyl (C=O) groups excluding carboxylic acids is 1. The van der Waals surface area contributed by atoms with Gasteiger partial charge in [-0.25, -0.2) is 8.42 Å². The number of benzene rings is 1. The molecule has 2 aliphatic heterocycles. The van der Waals surface area contributed by atoms with E-state index >= 15 is 0 Å². The van der Waals surface area contributed by atoms with Crippen molar-refractivity contribution < 1.29 is 17.9 Å². The van der Waals surface area contributed by atoms with E-state index in [9.17, 15) is 13.2 Å². The number of hydrogen-bond acceptors (Lipinski definition) is 4. The minimum atomic E-state index is -3.46. The van der Waals surface area contributed by atoms with Crippen LogP contribution in [-0.4, -0.2) is 62.9 Å². The summed E-state index contributed by atoms with van der Waals surface area (Å²) in [5.74, 6) is 0.0552. The smallest absolute Gasteiger partial charge is 0.243 e. The summed E-state index contributed by atoms with van der Waals surface area (Å²) in [5.41, 5.74) is 0.901. The number of hydrogen-bond donors (Lipinski definition) is 0. The molecule has 2 saturated heterocycles. The van der Waals surface area contributed by atoms with Crippen LogP contribution in [-0.2, 0) is 19.6 Å². The summed E-state index contributed by atoms with van der Waals surface area (Å²) < 4.78 is 33.0. The molecule has 2 heterocycles. The van der Waals surface area contributed by atoms with E-state index in [1.54, 1.807) is 23.4 Å². The number of piperidine rings is 1. The molecule has 1 amide bonds. The quantitative estimate of drug-likeness (QED) is 0.798. The second-order valence-corrected chi connectivity index (χ2v) is 9.15. The van der Waals surface area contributed by atoms with Gasteiger partial charge in [0.1, 0.15) is 0 Å². The lowest BCUT2D eigenvalue weighted by atomic mass is 9.79. The summed E-state index contributed by atoms with van der Waals surface area (Å²) in [7, 11) is -3.46. The highest BCUT2D eigenvalue weighted by Gasteiger charge is 2.41. The molecule has 1 aromatic rings. The Bertz CT molecular complexity index is 722. The van der Waals surface area contributed by atoms with E-state index in [0.29, 0.717) is 57.1 Å². The lowest BCUT2D eigenvalue weighted by Gasteiger charge is -2.41. The van der Waals surface area contributed by atoms with Gasteiger partial charge in [0, 0.05) is 38.5 Å². The van der Waals surface area contributed by atoms with Crippen molar-refractivity contribution in [2.75, 3.05) is 39.4 Å².